The van der Waals surface area contributed by atoms with Gasteiger partial charge in [0.2, 0.25) is 6.29 Å². The Morgan fingerprint density at radius 1 is 1.18 bits per heavy atom. The van der Waals surface area contributed by atoms with Crippen molar-refractivity contribution in [1.82, 2.24) is 0 Å². The lowest BCUT2D eigenvalue weighted by Crippen LogP contribution is -2.46. The van der Waals surface area contributed by atoms with Crippen LogP contribution in [0.15, 0.2) is 23.3 Å². The maximum atomic E-state index is 10.5. The molecule has 0 saturated carbocycles. The third kappa shape index (κ3) is 3.16. The van der Waals surface area contributed by atoms with Crippen LogP contribution in [0.25, 0.3) is 0 Å². The van der Waals surface area contributed by atoms with Crippen LogP contribution < -0.4 is 0 Å². The van der Waals surface area contributed by atoms with Crippen LogP contribution in [0.2, 0.25) is 0 Å². The fourth-order valence-electron chi connectivity index (χ4n) is 1.60. The first-order valence-corrected chi connectivity index (χ1v) is 5.78. The third-order valence-corrected chi connectivity index (χ3v) is 2.93. The summed E-state index contributed by atoms with van der Waals surface area (Å²) in [6, 6.07) is 0. The molecule has 1 heterocycles. The molecule has 0 spiro atoms. The van der Waals surface area contributed by atoms with Crippen LogP contribution in [0.3, 0.4) is 0 Å². The Labute approximate surface area is 102 Å². The molecule has 0 aliphatic carbocycles. The van der Waals surface area contributed by atoms with E-state index in [4.69, 9.17) is 4.74 Å². The van der Waals surface area contributed by atoms with Crippen molar-refractivity contribution in [1.29, 1.82) is 0 Å². The molecule has 1 saturated heterocycles. The molecule has 0 aromatic heterocycles. The van der Waals surface area contributed by atoms with E-state index in [1.165, 1.54) is 0 Å². The van der Waals surface area contributed by atoms with Crippen LogP contribution in [-0.4, -0.2) is 33.0 Å². The fraction of sp³-hybridized carbons (Fsp3) is 0.692. The Morgan fingerprint density at radius 2 is 1.53 bits per heavy atom. The van der Waals surface area contributed by atoms with Gasteiger partial charge in [-0.25, -0.2) is 0 Å². The van der Waals surface area contributed by atoms with E-state index in [2.05, 4.69) is 0 Å². The first-order valence-electron chi connectivity index (χ1n) is 5.78. The lowest BCUT2D eigenvalue weighted by atomic mass is 9.87. The van der Waals surface area contributed by atoms with Gasteiger partial charge in [0.1, 0.15) is 5.60 Å². The molecule has 4 nitrogen and oxygen atoms in total. The van der Waals surface area contributed by atoms with Gasteiger partial charge in [0, 0.05) is 12.8 Å². The molecule has 98 valence electrons. The van der Waals surface area contributed by atoms with Gasteiger partial charge in [-0.2, -0.15) is 0 Å². The zero-order valence-electron chi connectivity index (χ0n) is 10.9. The smallest absolute Gasteiger partial charge is 0.250 e. The molecule has 3 N–H and O–H groups in total. The minimum absolute atomic E-state index is 0.243. The van der Waals surface area contributed by atoms with Crippen molar-refractivity contribution in [3.63, 3.8) is 0 Å². The van der Waals surface area contributed by atoms with Crippen molar-refractivity contribution in [2.24, 2.45) is 0 Å². The summed E-state index contributed by atoms with van der Waals surface area (Å²) in [5, 5.41) is 29.7. The van der Waals surface area contributed by atoms with Gasteiger partial charge in [0.25, 0.3) is 5.79 Å². The zero-order valence-corrected chi connectivity index (χ0v) is 10.9. The van der Waals surface area contributed by atoms with Gasteiger partial charge < -0.3 is 20.1 Å². The fourth-order valence-corrected chi connectivity index (χ4v) is 1.60. The minimum Gasteiger partial charge on any atom is -0.383 e. The maximum absolute atomic E-state index is 10.5. The summed E-state index contributed by atoms with van der Waals surface area (Å²) in [7, 11) is 0. The van der Waals surface area contributed by atoms with Gasteiger partial charge >= 0.3 is 0 Å². The number of allylic oxidation sites excluding steroid dienone is 2. The highest BCUT2D eigenvalue weighted by molar-refractivity contribution is 5.13. The molecule has 1 fully saturated rings. The largest absolute Gasteiger partial charge is 0.383 e. The van der Waals surface area contributed by atoms with E-state index in [1.807, 2.05) is 39.8 Å². The van der Waals surface area contributed by atoms with Gasteiger partial charge in [-0.1, -0.05) is 23.3 Å². The Bertz CT molecular complexity index is 317. The van der Waals surface area contributed by atoms with Crippen LogP contribution in [0.5, 0.6) is 0 Å². The van der Waals surface area contributed by atoms with E-state index in [-0.39, 0.29) is 12.8 Å². The van der Waals surface area contributed by atoms with E-state index in [9.17, 15) is 15.3 Å². The Kier molecular flexibility index (Phi) is 4.15. The first kappa shape index (κ1) is 14.4. The summed E-state index contributed by atoms with van der Waals surface area (Å²) in [5.41, 5.74) is 0.597. The molecule has 1 aliphatic rings. The first-order chi connectivity index (χ1) is 7.71. The average molecular weight is 242 g/mol. The van der Waals surface area contributed by atoms with Crippen molar-refractivity contribution >= 4 is 0 Å². The van der Waals surface area contributed by atoms with Crippen LogP contribution >= 0.6 is 0 Å². The summed E-state index contributed by atoms with van der Waals surface area (Å²) < 4.78 is 4.74. The summed E-state index contributed by atoms with van der Waals surface area (Å²) in [6.45, 7) is 7.65. The molecule has 1 aliphatic heterocycles. The second kappa shape index (κ2) is 4.90. The monoisotopic (exact) mass is 242 g/mol. The summed E-state index contributed by atoms with van der Waals surface area (Å²) in [4.78, 5) is 0. The van der Waals surface area contributed by atoms with Gasteiger partial charge in [-0.15, -0.1) is 0 Å². The number of rotatable bonds is 5. The highest BCUT2D eigenvalue weighted by Crippen LogP contribution is 2.45. The number of hydrogen-bond acceptors (Lipinski definition) is 4. The number of aliphatic hydroxyl groups excluding tert-OH is 1. The van der Waals surface area contributed by atoms with Crippen molar-refractivity contribution < 1.29 is 20.1 Å². The second-order valence-corrected chi connectivity index (χ2v) is 5.17. The zero-order chi connectivity index (χ0) is 13.3. The van der Waals surface area contributed by atoms with Gasteiger partial charge in [-0.3, -0.25) is 0 Å². The predicted octanol–water partition coefficient (Wildman–Crippen LogP) is 1.47. The molecule has 0 radical (unpaired) electrons. The molecular formula is C13H22O4. The molecule has 0 bridgehead atoms. The van der Waals surface area contributed by atoms with Crippen molar-refractivity contribution in [2.75, 3.05) is 0 Å². The van der Waals surface area contributed by atoms with E-state index < -0.39 is 17.7 Å². The Hall–Kier alpha value is -0.680. The number of aliphatic hydroxyl groups is 3. The molecule has 2 unspecified atom stereocenters. The van der Waals surface area contributed by atoms with Gasteiger partial charge in [0.05, 0.1) is 0 Å². The van der Waals surface area contributed by atoms with Crippen LogP contribution in [-0.2, 0) is 4.74 Å². The lowest BCUT2D eigenvalue weighted by Gasteiger charge is -2.29. The highest BCUT2D eigenvalue weighted by atomic mass is 16.8. The second-order valence-electron chi connectivity index (χ2n) is 5.17. The summed E-state index contributed by atoms with van der Waals surface area (Å²) >= 11 is 0. The normalized spacial score (nSPS) is 27.6. The summed E-state index contributed by atoms with van der Waals surface area (Å²) in [5.74, 6) is -1.84. The van der Waals surface area contributed by atoms with E-state index in [0.29, 0.717) is 0 Å². The number of ether oxygens (including phenoxy) is 1. The van der Waals surface area contributed by atoms with E-state index >= 15 is 0 Å². The topological polar surface area (TPSA) is 73.2 Å². The molecule has 2 atom stereocenters. The number of epoxide rings is 1. The third-order valence-electron chi connectivity index (χ3n) is 2.93. The SMILES string of the molecule is CC(C)=CCC(O)(CC=C(C)C)C1(O)OC1O. The van der Waals surface area contributed by atoms with Gasteiger partial charge in [-0.05, 0) is 27.7 Å². The minimum atomic E-state index is -1.84. The van der Waals surface area contributed by atoms with Gasteiger partial charge in [0.15, 0.2) is 0 Å². The predicted molar refractivity (Wildman–Crippen MR) is 65.1 cm³/mol. The highest BCUT2D eigenvalue weighted by Gasteiger charge is 2.67. The molecule has 0 amide bonds. The standard InChI is InChI=1S/C13H22O4/c1-9(2)5-7-12(15,8-6-10(3)4)13(16)11(14)17-13/h5-6,11,14-16H,7-8H2,1-4H3. The van der Waals surface area contributed by atoms with E-state index in [0.717, 1.165) is 11.1 Å². The molecule has 1 rings (SSSR count). The Balaban J connectivity index is 2.85. The maximum Gasteiger partial charge on any atom is 0.250 e. The molecular weight excluding hydrogens is 220 g/mol. The van der Waals surface area contributed by atoms with Crippen LogP contribution in [0.4, 0.5) is 0 Å². The quantitative estimate of drug-likeness (QED) is 0.504. The molecule has 0 aromatic rings. The Morgan fingerprint density at radius 3 is 1.76 bits per heavy atom. The summed E-state index contributed by atoms with van der Waals surface area (Å²) in [6.07, 6.45) is 2.83. The van der Waals surface area contributed by atoms with Crippen molar-refractivity contribution in [3.8, 4) is 0 Å². The lowest BCUT2D eigenvalue weighted by molar-refractivity contribution is -0.145. The molecule has 0 aromatic carbocycles. The van der Waals surface area contributed by atoms with E-state index in [1.54, 1.807) is 0 Å². The number of hydrogen-bond donors (Lipinski definition) is 3. The van der Waals surface area contributed by atoms with Crippen molar-refractivity contribution in [3.05, 3.63) is 23.3 Å². The molecule has 17 heavy (non-hydrogen) atoms. The van der Waals surface area contributed by atoms with Crippen molar-refractivity contribution in [2.45, 2.75) is 58.2 Å². The van der Waals surface area contributed by atoms with Crippen LogP contribution in [0, 0.1) is 0 Å². The molecule has 4 heteroatoms. The average Bonchev–Trinajstić information content (AvgIpc) is 2.83. The van der Waals surface area contributed by atoms with Crippen LogP contribution in [0.1, 0.15) is 40.5 Å².